The van der Waals surface area contributed by atoms with E-state index < -0.39 is 10.8 Å². The van der Waals surface area contributed by atoms with Gasteiger partial charge in [-0.3, -0.25) is 0 Å². The van der Waals surface area contributed by atoms with Crippen molar-refractivity contribution < 1.29 is 0 Å². The molecule has 16 aromatic carbocycles. The molecule has 0 saturated heterocycles. The number of hydrogen-bond donors (Lipinski definition) is 0. The number of anilines is 6. The van der Waals surface area contributed by atoms with Gasteiger partial charge in [0.1, 0.15) is 0 Å². The van der Waals surface area contributed by atoms with Crippen molar-refractivity contribution in [1.29, 1.82) is 0 Å². The quantitative estimate of drug-likeness (QED) is 0.114. The Kier molecular flexibility index (Phi) is 14.5. The third kappa shape index (κ3) is 9.43. The maximum Gasteiger partial charge on any atom is 0.0713 e. The number of para-hydroxylation sites is 1. The van der Waals surface area contributed by atoms with Gasteiger partial charge in [-0.2, -0.15) is 0 Å². The summed E-state index contributed by atoms with van der Waals surface area (Å²) < 4.78 is 0. The van der Waals surface area contributed by atoms with Crippen LogP contribution in [0.25, 0.3) is 77.9 Å². The molecule has 4 aliphatic carbocycles. The first-order valence-corrected chi connectivity index (χ1v) is 37.3. The molecule has 0 radical (unpaired) electrons. The van der Waals surface area contributed by atoms with E-state index in [0.29, 0.717) is 0 Å². The number of nitrogens with zero attached hydrogens (tertiary/aromatic N) is 2. The van der Waals surface area contributed by atoms with E-state index in [-0.39, 0.29) is 10.8 Å². The van der Waals surface area contributed by atoms with Crippen LogP contribution in [0.15, 0.2) is 388 Å². The maximum atomic E-state index is 2.51. The fraction of sp³-hybridized carbons (Fsp3) is 0.0769. The van der Waals surface area contributed by atoms with Crippen molar-refractivity contribution in [3.63, 3.8) is 0 Å². The molecule has 2 nitrogen and oxygen atoms in total. The predicted octanol–water partition coefficient (Wildman–Crippen LogP) is 27.0. The first kappa shape index (κ1) is 62.9. The molecule has 0 saturated carbocycles. The van der Waals surface area contributed by atoms with E-state index in [1.54, 1.807) is 0 Å². The zero-order chi connectivity index (χ0) is 70.9. The van der Waals surface area contributed by atoms with Gasteiger partial charge < -0.3 is 9.80 Å². The molecule has 4 aliphatic rings. The average Bonchev–Trinajstić information content (AvgIpc) is 1.54. The summed E-state index contributed by atoms with van der Waals surface area (Å²) >= 11 is 0. The molecular weight excluding hydrogens is 1280 g/mol. The molecule has 0 N–H and O–H groups in total. The predicted molar refractivity (Wildman–Crippen MR) is 442 cm³/mol. The van der Waals surface area contributed by atoms with Crippen molar-refractivity contribution in [2.24, 2.45) is 0 Å². The van der Waals surface area contributed by atoms with Crippen LogP contribution in [0.5, 0.6) is 0 Å². The van der Waals surface area contributed by atoms with Gasteiger partial charge in [0, 0.05) is 44.8 Å². The summed E-state index contributed by atoms with van der Waals surface area (Å²) in [7, 11) is 0. The van der Waals surface area contributed by atoms with Crippen molar-refractivity contribution in [3.05, 3.63) is 455 Å². The van der Waals surface area contributed by atoms with Crippen LogP contribution in [0.2, 0.25) is 0 Å². The molecule has 106 heavy (non-hydrogen) atoms. The van der Waals surface area contributed by atoms with Gasteiger partial charge in [0.25, 0.3) is 0 Å². The fourth-order valence-corrected chi connectivity index (χ4v) is 19.1. The largest absolute Gasteiger partial charge is 0.310 e. The Morgan fingerprint density at radius 1 is 0.170 bits per heavy atom. The minimum absolute atomic E-state index is 0.175. The molecule has 0 amide bonds. The van der Waals surface area contributed by atoms with E-state index in [2.05, 4.69) is 426 Å². The second-order valence-electron chi connectivity index (χ2n) is 30.2. The van der Waals surface area contributed by atoms with Crippen LogP contribution in [0.1, 0.15) is 94.5 Å². The Bertz CT molecular complexity index is 6090. The lowest BCUT2D eigenvalue weighted by Gasteiger charge is -2.34. The Balaban J connectivity index is 0.674. The number of benzene rings is 16. The van der Waals surface area contributed by atoms with Crippen LogP contribution in [0.3, 0.4) is 0 Å². The molecule has 0 heterocycles. The summed E-state index contributed by atoms with van der Waals surface area (Å²) in [4.78, 5) is 4.98. The van der Waals surface area contributed by atoms with Crippen molar-refractivity contribution >= 4 is 34.1 Å². The second kappa shape index (κ2) is 24.4. The highest BCUT2D eigenvalue weighted by Gasteiger charge is 2.49. The van der Waals surface area contributed by atoms with Crippen LogP contribution in [0.4, 0.5) is 34.1 Å². The van der Waals surface area contributed by atoms with Gasteiger partial charge in [-0.05, 0) is 212 Å². The summed E-state index contributed by atoms with van der Waals surface area (Å²) in [5, 5.41) is 0. The SMILES string of the molecule is CC1(C)c2ccccc2-c2ccc(N(c3ccc(-c4ccc(-c5cccc(C6(c7ccccc7)c7ccccc7-c7cc(N(c8ccc9c(c8)C(C)(C)c8ccccc8-9)c8ccccc8-c8ccccc8)ccc76)c5)cc4)cc3)c3ccc4c(c3)-c3ccccc3C4(c3ccccc3)c3ccccc3)cc21. The smallest absolute Gasteiger partial charge is 0.0713 e. The molecule has 0 aromatic heterocycles. The van der Waals surface area contributed by atoms with Gasteiger partial charge in [-0.1, -0.05) is 343 Å². The lowest BCUT2D eigenvalue weighted by atomic mass is 9.67. The normalized spacial score (nSPS) is 15.2. The molecule has 0 bridgehead atoms. The van der Waals surface area contributed by atoms with Gasteiger partial charge >= 0.3 is 0 Å². The third-order valence-electron chi connectivity index (χ3n) is 24.0. The molecule has 0 aliphatic heterocycles. The first-order valence-electron chi connectivity index (χ1n) is 37.3. The standard InChI is InChI=1S/C104H76N2/c1-101(2)92-43-22-17-39-84(92)88-60-56-81(67-98(88)101)105(79-58-62-96-90(65-79)86-41-19-24-45-94(86)103(96,74-31-11-6-12-32-74)75-33-13-7-14-34-75)78-54-52-70(53-55-78)69-48-50-71(51-49-69)73-30-27-37-77(64-73)104(76-35-15-8-16-36-76)95-46-25-20-42-87(95)91-66-80(59-63-97(91)104)106(100-47-26-21-38-83(100)72-28-9-5-10-29-72)82-57-61-89-85-40-18-23-44-93(85)102(3,4)99(89)68-82/h5-68H,1-4H3. The second-order valence-corrected chi connectivity index (χ2v) is 30.2. The summed E-state index contributed by atoms with van der Waals surface area (Å²) in [5.41, 5.74) is 37.9. The molecular formula is C104H76N2. The Hall–Kier alpha value is -12.9. The molecule has 1 unspecified atom stereocenters. The summed E-state index contributed by atoms with van der Waals surface area (Å²) in [6.45, 7) is 9.51. The summed E-state index contributed by atoms with van der Waals surface area (Å²) in [6, 6.07) is 146. The number of rotatable bonds is 13. The van der Waals surface area contributed by atoms with E-state index in [0.717, 1.165) is 50.8 Å². The lowest BCUT2D eigenvalue weighted by Crippen LogP contribution is -2.28. The van der Waals surface area contributed by atoms with E-state index in [1.807, 2.05) is 0 Å². The highest BCUT2D eigenvalue weighted by Crippen LogP contribution is 2.61. The Morgan fingerprint density at radius 2 is 0.481 bits per heavy atom. The molecule has 0 fully saturated rings. The van der Waals surface area contributed by atoms with Crippen molar-refractivity contribution in [2.45, 2.75) is 49.4 Å². The maximum absolute atomic E-state index is 2.51. The molecule has 502 valence electrons. The first-order chi connectivity index (χ1) is 52.1. The summed E-state index contributed by atoms with van der Waals surface area (Å²) in [6.07, 6.45) is 0. The molecule has 16 aromatic rings. The zero-order valence-corrected chi connectivity index (χ0v) is 59.8. The number of fused-ring (bicyclic) bond motifs is 12. The highest BCUT2D eigenvalue weighted by molar-refractivity contribution is 5.96. The van der Waals surface area contributed by atoms with Crippen LogP contribution in [-0.4, -0.2) is 0 Å². The highest BCUT2D eigenvalue weighted by atomic mass is 15.2. The van der Waals surface area contributed by atoms with Gasteiger partial charge in [0.2, 0.25) is 0 Å². The minimum atomic E-state index is -0.631. The molecule has 20 rings (SSSR count). The van der Waals surface area contributed by atoms with E-state index in [1.165, 1.54) is 128 Å². The van der Waals surface area contributed by atoms with Crippen molar-refractivity contribution in [2.75, 3.05) is 9.80 Å². The van der Waals surface area contributed by atoms with Crippen LogP contribution in [0, 0.1) is 0 Å². The number of hydrogen-bond acceptors (Lipinski definition) is 2. The lowest BCUT2D eigenvalue weighted by molar-refractivity contribution is 0.660. The van der Waals surface area contributed by atoms with Gasteiger partial charge in [0.15, 0.2) is 0 Å². The Morgan fingerprint density at radius 3 is 0.972 bits per heavy atom. The Labute approximate surface area is 622 Å². The fourth-order valence-electron chi connectivity index (χ4n) is 19.1. The topological polar surface area (TPSA) is 6.48 Å². The average molecular weight is 1350 g/mol. The van der Waals surface area contributed by atoms with Crippen LogP contribution >= 0.6 is 0 Å². The van der Waals surface area contributed by atoms with Crippen LogP contribution < -0.4 is 9.80 Å². The van der Waals surface area contributed by atoms with Gasteiger partial charge in [0.05, 0.1) is 16.5 Å². The van der Waals surface area contributed by atoms with Crippen molar-refractivity contribution in [1.82, 2.24) is 0 Å². The molecule has 1 atom stereocenters. The van der Waals surface area contributed by atoms with E-state index in [9.17, 15) is 0 Å². The molecule has 0 spiro atoms. The third-order valence-corrected chi connectivity index (χ3v) is 24.0. The van der Waals surface area contributed by atoms with Crippen LogP contribution in [-0.2, 0) is 21.7 Å². The van der Waals surface area contributed by atoms with Gasteiger partial charge in [-0.15, -0.1) is 0 Å². The van der Waals surface area contributed by atoms with Crippen molar-refractivity contribution in [3.8, 4) is 77.9 Å². The zero-order valence-electron chi connectivity index (χ0n) is 59.8. The van der Waals surface area contributed by atoms with E-state index in [4.69, 9.17) is 0 Å². The van der Waals surface area contributed by atoms with E-state index >= 15 is 0 Å². The van der Waals surface area contributed by atoms with Gasteiger partial charge in [-0.25, -0.2) is 0 Å². The minimum Gasteiger partial charge on any atom is -0.310 e. The summed E-state index contributed by atoms with van der Waals surface area (Å²) in [5.74, 6) is 0. The molecule has 2 heteroatoms. The monoisotopic (exact) mass is 1350 g/mol.